The predicted molar refractivity (Wildman–Crippen MR) is 134 cm³/mol. The summed E-state index contributed by atoms with van der Waals surface area (Å²) in [5, 5.41) is 13.0. The van der Waals surface area contributed by atoms with Crippen molar-refractivity contribution in [2.45, 2.75) is 19.0 Å². The molecule has 4 aromatic rings. The van der Waals surface area contributed by atoms with E-state index in [1.807, 2.05) is 85.1 Å². The molecule has 33 heavy (non-hydrogen) atoms. The zero-order chi connectivity index (χ0) is 23.2. The van der Waals surface area contributed by atoms with Crippen LogP contribution >= 0.6 is 23.4 Å². The highest BCUT2D eigenvalue weighted by atomic mass is 35.5. The average molecular weight is 479 g/mol. The van der Waals surface area contributed by atoms with E-state index >= 15 is 0 Å². The molecule has 0 aliphatic heterocycles. The second-order valence-corrected chi connectivity index (χ2v) is 8.66. The first-order valence-corrected chi connectivity index (χ1v) is 11.8. The number of anilines is 1. The molecule has 1 N–H and O–H groups in total. The van der Waals surface area contributed by atoms with E-state index in [-0.39, 0.29) is 11.7 Å². The van der Waals surface area contributed by atoms with Crippen LogP contribution in [0.3, 0.4) is 0 Å². The molecule has 3 aromatic carbocycles. The first kappa shape index (κ1) is 22.9. The van der Waals surface area contributed by atoms with Crippen LogP contribution in [0.1, 0.15) is 12.5 Å². The molecule has 0 unspecified atom stereocenters. The molecule has 0 saturated carbocycles. The van der Waals surface area contributed by atoms with Crippen LogP contribution in [0.15, 0.2) is 78.0 Å². The molecule has 1 amide bonds. The molecule has 0 fully saturated rings. The molecule has 1 heterocycles. The monoisotopic (exact) mass is 478 g/mol. The fourth-order valence-corrected chi connectivity index (χ4v) is 4.16. The molecule has 6 nitrogen and oxygen atoms in total. The third kappa shape index (κ3) is 5.74. The van der Waals surface area contributed by atoms with Gasteiger partial charge in [0, 0.05) is 22.0 Å². The van der Waals surface area contributed by atoms with E-state index in [1.54, 1.807) is 0 Å². The van der Waals surface area contributed by atoms with Crippen molar-refractivity contribution in [1.82, 2.24) is 14.8 Å². The number of benzene rings is 3. The summed E-state index contributed by atoms with van der Waals surface area (Å²) in [6.45, 7) is 4.56. The smallest absolute Gasteiger partial charge is 0.234 e. The van der Waals surface area contributed by atoms with Gasteiger partial charge in [0.15, 0.2) is 11.0 Å². The van der Waals surface area contributed by atoms with E-state index < -0.39 is 0 Å². The summed E-state index contributed by atoms with van der Waals surface area (Å²) in [6, 6.07) is 22.8. The van der Waals surface area contributed by atoms with Crippen LogP contribution in [0.2, 0.25) is 5.02 Å². The Bertz CT molecular complexity index is 1240. The van der Waals surface area contributed by atoms with Crippen molar-refractivity contribution in [3.8, 4) is 22.8 Å². The third-order valence-electron chi connectivity index (χ3n) is 4.78. The van der Waals surface area contributed by atoms with E-state index in [9.17, 15) is 4.79 Å². The first-order valence-electron chi connectivity index (χ1n) is 10.5. The van der Waals surface area contributed by atoms with Gasteiger partial charge in [0.1, 0.15) is 5.75 Å². The predicted octanol–water partition coefficient (Wildman–Crippen LogP) is 6.03. The van der Waals surface area contributed by atoms with Gasteiger partial charge >= 0.3 is 0 Å². The Morgan fingerprint density at radius 2 is 1.82 bits per heavy atom. The van der Waals surface area contributed by atoms with Crippen LogP contribution in [-0.2, 0) is 4.79 Å². The maximum Gasteiger partial charge on any atom is 0.234 e. The van der Waals surface area contributed by atoms with Crippen molar-refractivity contribution in [3.05, 3.63) is 83.4 Å². The van der Waals surface area contributed by atoms with Crippen LogP contribution in [0, 0.1) is 6.92 Å². The van der Waals surface area contributed by atoms with Crippen molar-refractivity contribution < 1.29 is 9.53 Å². The highest BCUT2D eigenvalue weighted by Crippen LogP contribution is 2.29. The molecule has 0 aliphatic rings. The zero-order valence-electron chi connectivity index (χ0n) is 18.3. The van der Waals surface area contributed by atoms with Crippen molar-refractivity contribution in [2.24, 2.45) is 0 Å². The Morgan fingerprint density at radius 1 is 1.06 bits per heavy atom. The lowest BCUT2D eigenvalue weighted by molar-refractivity contribution is -0.113. The van der Waals surface area contributed by atoms with Crippen LogP contribution in [-0.4, -0.2) is 33.0 Å². The van der Waals surface area contributed by atoms with Gasteiger partial charge in [-0.1, -0.05) is 47.1 Å². The van der Waals surface area contributed by atoms with Crippen molar-refractivity contribution >= 4 is 35.0 Å². The second-order valence-electron chi connectivity index (χ2n) is 7.28. The summed E-state index contributed by atoms with van der Waals surface area (Å²) in [7, 11) is 0. The average Bonchev–Trinajstić information content (AvgIpc) is 3.24. The Balaban J connectivity index is 1.54. The Labute approximate surface area is 202 Å². The Morgan fingerprint density at radius 3 is 2.52 bits per heavy atom. The van der Waals surface area contributed by atoms with Crippen LogP contribution in [0.5, 0.6) is 5.75 Å². The number of ether oxygens (including phenoxy) is 1. The number of amides is 1. The van der Waals surface area contributed by atoms with E-state index in [0.29, 0.717) is 28.3 Å². The molecule has 1 aromatic heterocycles. The van der Waals surface area contributed by atoms with Gasteiger partial charge in [-0.15, -0.1) is 10.2 Å². The fourth-order valence-electron chi connectivity index (χ4n) is 3.29. The van der Waals surface area contributed by atoms with E-state index in [0.717, 1.165) is 22.6 Å². The highest BCUT2D eigenvalue weighted by Gasteiger charge is 2.17. The molecule has 0 aliphatic carbocycles. The van der Waals surface area contributed by atoms with E-state index in [1.165, 1.54) is 11.8 Å². The molecular formula is C25H23ClN4O2S. The van der Waals surface area contributed by atoms with Crippen molar-refractivity contribution in [2.75, 3.05) is 17.7 Å². The maximum atomic E-state index is 12.6. The third-order valence-corrected chi connectivity index (χ3v) is 5.96. The first-order chi connectivity index (χ1) is 16.0. The minimum absolute atomic E-state index is 0.132. The topological polar surface area (TPSA) is 69.0 Å². The number of halogens is 1. The summed E-state index contributed by atoms with van der Waals surface area (Å²) in [4.78, 5) is 12.6. The van der Waals surface area contributed by atoms with E-state index in [4.69, 9.17) is 16.3 Å². The summed E-state index contributed by atoms with van der Waals surface area (Å²) in [5.41, 5.74) is 3.66. The van der Waals surface area contributed by atoms with Gasteiger partial charge in [-0.3, -0.25) is 9.36 Å². The summed E-state index contributed by atoms with van der Waals surface area (Å²) >= 11 is 7.41. The van der Waals surface area contributed by atoms with Gasteiger partial charge in [-0.05, 0) is 68.4 Å². The van der Waals surface area contributed by atoms with Gasteiger partial charge in [-0.2, -0.15) is 0 Å². The summed E-state index contributed by atoms with van der Waals surface area (Å²) in [6.07, 6.45) is 0. The van der Waals surface area contributed by atoms with Gasteiger partial charge in [0.25, 0.3) is 0 Å². The fraction of sp³-hybridized carbons (Fsp3) is 0.160. The normalized spacial score (nSPS) is 10.8. The molecule has 0 bridgehead atoms. The maximum absolute atomic E-state index is 12.6. The standard InChI is InChI=1S/C25H23ClN4O2S/c1-3-32-22-13-9-20(10-14-22)27-23(31)16-33-25-29-28-24(18-6-4-5-17(2)15-18)30(25)21-11-7-19(26)8-12-21/h4-15H,3,16H2,1-2H3,(H,27,31). The molecule has 0 atom stereocenters. The molecule has 0 spiro atoms. The number of aryl methyl sites for hydroxylation is 1. The van der Waals surface area contributed by atoms with Crippen LogP contribution in [0.4, 0.5) is 5.69 Å². The van der Waals surface area contributed by atoms with Crippen molar-refractivity contribution in [3.63, 3.8) is 0 Å². The Hall–Kier alpha value is -3.29. The molecule has 0 radical (unpaired) electrons. The largest absolute Gasteiger partial charge is 0.494 e. The second kappa shape index (κ2) is 10.6. The number of carbonyl (C=O) groups excluding carboxylic acids is 1. The molecule has 8 heteroatoms. The van der Waals surface area contributed by atoms with Gasteiger partial charge in [0.05, 0.1) is 12.4 Å². The molecule has 4 rings (SSSR count). The quantitative estimate of drug-likeness (QED) is 0.313. The van der Waals surface area contributed by atoms with Crippen molar-refractivity contribution in [1.29, 1.82) is 0 Å². The van der Waals surface area contributed by atoms with Crippen LogP contribution in [0.25, 0.3) is 17.1 Å². The highest BCUT2D eigenvalue weighted by molar-refractivity contribution is 7.99. The lowest BCUT2D eigenvalue weighted by Crippen LogP contribution is -2.14. The van der Waals surface area contributed by atoms with Gasteiger partial charge < -0.3 is 10.1 Å². The lowest BCUT2D eigenvalue weighted by atomic mass is 10.1. The van der Waals surface area contributed by atoms with Crippen LogP contribution < -0.4 is 10.1 Å². The zero-order valence-corrected chi connectivity index (χ0v) is 19.9. The number of nitrogens with zero attached hydrogens (tertiary/aromatic N) is 3. The number of thioether (sulfide) groups is 1. The molecule has 168 valence electrons. The van der Waals surface area contributed by atoms with Gasteiger partial charge in [-0.25, -0.2) is 0 Å². The number of hydrogen-bond donors (Lipinski definition) is 1. The number of hydrogen-bond acceptors (Lipinski definition) is 5. The minimum Gasteiger partial charge on any atom is -0.494 e. The SMILES string of the molecule is CCOc1ccc(NC(=O)CSc2nnc(-c3cccc(C)c3)n2-c2ccc(Cl)cc2)cc1. The number of rotatable bonds is 8. The minimum atomic E-state index is -0.132. The Kier molecular flexibility index (Phi) is 7.32. The summed E-state index contributed by atoms with van der Waals surface area (Å²) in [5.74, 6) is 1.53. The number of aromatic nitrogens is 3. The molecular weight excluding hydrogens is 456 g/mol. The van der Waals surface area contributed by atoms with Gasteiger partial charge in [0.2, 0.25) is 5.91 Å². The number of nitrogens with one attached hydrogen (secondary N) is 1. The lowest BCUT2D eigenvalue weighted by Gasteiger charge is -2.11. The summed E-state index contributed by atoms with van der Waals surface area (Å²) < 4.78 is 7.38. The van der Waals surface area contributed by atoms with E-state index in [2.05, 4.69) is 21.6 Å². The molecule has 0 saturated heterocycles. The number of carbonyl (C=O) groups is 1.